The Morgan fingerprint density at radius 3 is 2.20 bits per heavy atom. The van der Waals surface area contributed by atoms with Crippen molar-refractivity contribution in [1.29, 1.82) is 0 Å². The molecule has 0 aromatic heterocycles. The van der Waals surface area contributed by atoms with Gasteiger partial charge in [0.15, 0.2) is 6.29 Å². The first-order chi connectivity index (χ1) is 20.5. The fourth-order valence-corrected chi connectivity index (χ4v) is 11.3. The Hall–Kier alpha value is 0.590. The Bertz CT molecular complexity index is 1110. The van der Waals surface area contributed by atoms with Crippen LogP contribution in [0.2, 0.25) is 0 Å². The summed E-state index contributed by atoms with van der Waals surface area (Å²) in [5.74, 6) is 0.383. The third kappa shape index (κ3) is 7.54. The van der Waals surface area contributed by atoms with E-state index in [2.05, 4.69) is 20.8 Å². The molecular formula is C32H55NaO11S. The first kappa shape index (κ1) is 38.4. The first-order valence-electron chi connectivity index (χ1n) is 16.8. The van der Waals surface area contributed by atoms with Crippen LogP contribution in [0.1, 0.15) is 92.4 Å². The van der Waals surface area contributed by atoms with E-state index in [4.69, 9.17) is 13.7 Å². The van der Waals surface area contributed by atoms with Crippen LogP contribution in [0.15, 0.2) is 0 Å². The van der Waals surface area contributed by atoms with Gasteiger partial charge in [0, 0.05) is 0 Å². The maximum absolute atomic E-state index is 12.0. The van der Waals surface area contributed by atoms with Crippen LogP contribution < -0.4 is 29.6 Å². The Morgan fingerprint density at radius 1 is 0.889 bits per heavy atom. The largest absolute Gasteiger partial charge is 1.00 e. The number of aliphatic hydroxyl groups is 5. The van der Waals surface area contributed by atoms with Gasteiger partial charge in [-0.3, -0.25) is 4.18 Å². The maximum Gasteiger partial charge on any atom is 1.00 e. The molecular weight excluding hydrogens is 615 g/mol. The molecule has 13 heteroatoms. The molecule has 5 fully saturated rings. The summed E-state index contributed by atoms with van der Waals surface area (Å²) in [5, 5.41) is 52.1. The van der Waals surface area contributed by atoms with E-state index in [9.17, 15) is 38.5 Å². The molecule has 5 aliphatic rings. The molecule has 0 amide bonds. The molecule has 1 unspecified atom stereocenters. The van der Waals surface area contributed by atoms with Gasteiger partial charge in [-0.15, -0.1) is 0 Å². The second-order valence-corrected chi connectivity index (χ2v) is 16.8. The Labute approximate surface area is 291 Å². The van der Waals surface area contributed by atoms with Crippen LogP contribution in [-0.2, 0) is 24.1 Å². The van der Waals surface area contributed by atoms with Crippen LogP contribution >= 0.6 is 0 Å². The molecule has 256 valence electrons. The van der Waals surface area contributed by atoms with E-state index in [0.717, 1.165) is 25.7 Å². The van der Waals surface area contributed by atoms with Crippen molar-refractivity contribution in [3.8, 4) is 0 Å². The molecule has 1 saturated heterocycles. The summed E-state index contributed by atoms with van der Waals surface area (Å²) in [6, 6.07) is 0. The van der Waals surface area contributed by atoms with Gasteiger partial charge in [-0.2, -0.15) is 0 Å². The fraction of sp³-hybridized carbons (Fsp3) is 1.00. The van der Waals surface area contributed by atoms with E-state index >= 15 is 0 Å². The number of fused-ring (bicyclic) bond motifs is 5. The van der Waals surface area contributed by atoms with Crippen molar-refractivity contribution in [1.82, 2.24) is 0 Å². The average molecular weight is 671 g/mol. The minimum absolute atomic E-state index is 0. The van der Waals surface area contributed by atoms with Crippen molar-refractivity contribution < 1.29 is 81.7 Å². The van der Waals surface area contributed by atoms with Crippen LogP contribution in [0, 0.1) is 52.3 Å². The van der Waals surface area contributed by atoms with Crippen LogP contribution in [0.25, 0.3) is 0 Å². The van der Waals surface area contributed by atoms with Gasteiger partial charge < -0.3 is 39.6 Å². The van der Waals surface area contributed by atoms with Crippen LogP contribution in [-0.4, -0.2) is 94.1 Å². The van der Waals surface area contributed by atoms with Crippen molar-refractivity contribution in [2.45, 2.75) is 141 Å². The van der Waals surface area contributed by atoms with Crippen molar-refractivity contribution in [2.24, 2.45) is 52.3 Å². The Balaban J connectivity index is 0.00000461. The number of hydrogen-bond donors (Lipinski definition) is 5. The monoisotopic (exact) mass is 670 g/mol. The second kappa shape index (κ2) is 14.4. The predicted molar refractivity (Wildman–Crippen MR) is 158 cm³/mol. The number of hydrogen-bond acceptors (Lipinski definition) is 11. The third-order valence-electron chi connectivity index (χ3n) is 13.0. The minimum Gasteiger partial charge on any atom is -0.726 e. The molecule has 45 heavy (non-hydrogen) atoms. The third-order valence-corrected chi connectivity index (χ3v) is 13.5. The molecule has 11 nitrogen and oxygen atoms in total. The zero-order valence-corrected chi connectivity index (χ0v) is 30.6. The molecule has 0 bridgehead atoms. The van der Waals surface area contributed by atoms with Gasteiger partial charge in [0.25, 0.3) is 0 Å². The van der Waals surface area contributed by atoms with Crippen LogP contribution in [0.5, 0.6) is 0 Å². The molecule has 0 aromatic carbocycles. The summed E-state index contributed by atoms with van der Waals surface area (Å²) in [6.45, 7) is 10.5. The van der Waals surface area contributed by atoms with Gasteiger partial charge in [-0.1, -0.05) is 34.6 Å². The molecule has 16 atom stereocenters. The molecule has 1 aliphatic heterocycles. The van der Waals surface area contributed by atoms with E-state index < -0.39 is 53.3 Å². The zero-order valence-electron chi connectivity index (χ0n) is 27.8. The zero-order chi connectivity index (χ0) is 32.4. The molecule has 5 rings (SSSR count). The SMILES string of the molecule is CC(C)[C@H](CC[C@@H](C)[C@H]1C[C@H](OS(=O)(=O)[O-])[C@H]2[C@@H]3C[C@H](O)C4C[C@@H](O)CC[C@]4(C)[C@H]3CC[C@@]21C)O[C@@H]1OC[C@@H](O)[C@H](O)[C@H]1O.[Na+]. The average Bonchev–Trinajstić information content (AvgIpc) is 3.22. The topological polar surface area (TPSA) is 186 Å². The quantitative estimate of drug-likeness (QED) is 0.119. The Morgan fingerprint density at radius 2 is 1.56 bits per heavy atom. The van der Waals surface area contributed by atoms with E-state index in [-0.39, 0.29) is 94.5 Å². The van der Waals surface area contributed by atoms with E-state index in [1.807, 2.05) is 13.8 Å². The molecule has 4 aliphatic carbocycles. The summed E-state index contributed by atoms with van der Waals surface area (Å²) in [7, 11) is -4.94. The van der Waals surface area contributed by atoms with Crippen molar-refractivity contribution in [2.75, 3.05) is 6.61 Å². The van der Waals surface area contributed by atoms with E-state index in [1.165, 1.54) is 0 Å². The summed E-state index contributed by atoms with van der Waals surface area (Å²) in [5.41, 5.74) is -0.450. The van der Waals surface area contributed by atoms with Gasteiger partial charge >= 0.3 is 29.6 Å². The van der Waals surface area contributed by atoms with E-state index in [1.54, 1.807) is 0 Å². The number of rotatable bonds is 9. The van der Waals surface area contributed by atoms with Crippen molar-refractivity contribution >= 4 is 10.4 Å². The van der Waals surface area contributed by atoms with Gasteiger partial charge in [0.05, 0.1) is 31.0 Å². The first-order valence-corrected chi connectivity index (χ1v) is 18.1. The molecule has 0 aromatic rings. The molecule has 0 spiro atoms. The molecule has 1 heterocycles. The normalized spacial score (nSPS) is 48.1. The molecule has 5 N–H and O–H groups in total. The Kier molecular flexibility index (Phi) is 12.3. The van der Waals surface area contributed by atoms with Crippen molar-refractivity contribution in [3.05, 3.63) is 0 Å². The van der Waals surface area contributed by atoms with Gasteiger partial charge in [0.1, 0.15) is 18.3 Å². The summed E-state index contributed by atoms with van der Waals surface area (Å²) >= 11 is 0. The van der Waals surface area contributed by atoms with Crippen molar-refractivity contribution in [3.63, 3.8) is 0 Å². The fourth-order valence-electron chi connectivity index (χ4n) is 10.7. The van der Waals surface area contributed by atoms with Crippen LogP contribution in [0.4, 0.5) is 0 Å². The van der Waals surface area contributed by atoms with Gasteiger partial charge in [-0.25, -0.2) is 8.42 Å². The predicted octanol–water partition coefficient (Wildman–Crippen LogP) is -0.667. The summed E-state index contributed by atoms with van der Waals surface area (Å²) in [6.07, 6.45) is -0.716. The van der Waals surface area contributed by atoms with Crippen LogP contribution in [0.3, 0.4) is 0 Å². The number of ether oxygens (including phenoxy) is 2. The smallest absolute Gasteiger partial charge is 0.726 e. The van der Waals surface area contributed by atoms with Gasteiger partial charge in [-0.05, 0) is 110 Å². The second-order valence-electron chi connectivity index (χ2n) is 15.8. The summed E-state index contributed by atoms with van der Waals surface area (Å²) in [4.78, 5) is 0. The van der Waals surface area contributed by atoms with Gasteiger partial charge in [0.2, 0.25) is 10.4 Å². The number of aliphatic hydroxyl groups excluding tert-OH is 5. The molecule has 4 saturated carbocycles. The maximum atomic E-state index is 12.0. The van der Waals surface area contributed by atoms with E-state index in [0.29, 0.717) is 32.1 Å². The minimum atomic E-state index is -4.94. The summed E-state index contributed by atoms with van der Waals surface area (Å²) < 4.78 is 53.0. The molecule has 0 radical (unpaired) electrons. The standard InChI is InChI=1S/C32H56O11S.Na/c1-16(2)25(42-30-29(37)28(36)24(35)15-41-30)7-6-17(3)21-14-26(43-44(38,39)40)27-19-13-23(34)22-12-18(33)8-10-31(22,4)20(19)9-11-32(21,27)5;/h16-30,33-37H,6-15H2,1-5H3,(H,38,39,40);/q;+1/p-1/t17-,18+,19-,20+,21-,22?,23+,24-,25+,26+,27-,28+,29-,30+,31-,32-;/m1./s1.